The molecule has 0 aliphatic rings. The third-order valence-corrected chi connectivity index (χ3v) is 1.89. The van der Waals surface area contributed by atoms with E-state index >= 15 is 0 Å². The quantitative estimate of drug-likeness (QED) is 0.779. The minimum Gasteiger partial charge on any atom is -0.449 e. The van der Waals surface area contributed by atoms with Gasteiger partial charge in [-0.05, 0) is 18.6 Å². The van der Waals surface area contributed by atoms with Crippen LogP contribution in [0.25, 0.3) is 0 Å². The molecule has 0 unspecified atom stereocenters. The number of halogens is 1. The van der Waals surface area contributed by atoms with Gasteiger partial charge in [0.2, 0.25) is 5.91 Å². The monoisotopic (exact) mass is 240 g/mol. The smallest absolute Gasteiger partial charge is 0.426 e. The second-order valence-corrected chi connectivity index (χ2v) is 3.16. The molecule has 0 aliphatic heterocycles. The fourth-order valence-corrected chi connectivity index (χ4v) is 1.15. The predicted octanol–water partition coefficient (Wildman–Crippen LogP) is 1.15. The molecule has 0 bridgehead atoms. The maximum Gasteiger partial charge on any atom is 0.426 e. The summed E-state index contributed by atoms with van der Waals surface area (Å²) in [4.78, 5) is 22.2. The molecule has 2 amide bonds. The van der Waals surface area contributed by atoms with Crippen LogP contribution in [-0.4, -0.2) is 18.6 Å². The van der Waals surface area contributed by atoms with E-state index < -0.39 is 17.8 Å². The number of benzene rings is 1. The summed E-state index contributed by atoms with van der Waals surface area (Å²) in [6.07, 6.45) is -0.909. The Morgan fingerprint density at radius 3 is 2.65 bits per heavy atom. The zero-order valence-electron chi connectivity index (χ0n) is 9.33. The fourth-order valence-electron chi connectivity index (χ4n) is 1.15. The first-order valence-electron chi connectivity index (χ1n) is 5.08. The van der Waals surface area contributed by atoms with E-state index in [1.165, 1.54) is 18.2 Å². The Balaban J connectivity index is 2.40. The van der Waals surface area contributed by atoms with Crippen molar-refractivity contribution in [3.8, 4) is 0 Å². The highest BCUT2D eigenvalue weighted by molar-refractivity contribution is 5.80. The minimum atomic E-state index is -0.755. The number of rotatable bonds is 3. The first kappa shape index (κ1) is 13.0. The van der Waals surface area contributed by atoms with Crippen LogP contribution in [-0.2, 0) is 16.0 Å². The average molecular weight is 240 g/mol. The molecule has 0 fully saturated rings. The van der Waals surface area contributed by atoms with Gasteiger partial charge >= 0.3 is 6.09 Å². The average Bonchev–Trinajstić information content (AvgIpc) is 2.30. The number of hydrogen-bond acceptors (Lipinski definition) is 3. The summed E-state index contributed by atoms with van der Waals surface area (Å²) in [6, 6.07) is 5.93. The number of carbonyl (C=O) groups is 2. The van der Waals surface area contributed by atoms with Gasteiger partial charge in [0.05, 0.1) is 13.0 Å². The molecule has 0 aliphatic carbocycles. The summed E-state index contributed by atoms with van der Waals surface area (Å²) < 4.78 is 17.7. The summed E-state index contributed by atoms with van der Waals surface area (Å²) in [5, 5.41) is 0. The van der Waals surface area contributed by atoms with Crippen molar-refractivity contribution in [2.45, 2.75) is 13.3 Å². The Kier molecular flexibility index (Phi) is 4.93. The van der Waals surface area contributed by atoms with Crippen LogP contribution in [0.4, 0.5) is 9.18 Å². The zero-order valence-corrected chi connectivity index (χ0v) is 9.33. The molecule has 0 saturated carbocycles. The maximum absolute atomic E-state index is 13.2. The number of carbonyl (C=O) groups excluding carboxylic acids is 2. The minimum absolute atomic E-state index is 0.154. The van der Waals surface area contributed by atoms with Gasteiger partial charge in [-0.25, -0.2) is 14.6 Å². The fraction of sp³-hybridized carbons (Fsp3) is 0.273. The summed E-state index contributed by atoms with van der Waals surface area (Å²) >= 11 is 0. The summed E-state index contributed by atoms with van der Waals surface area (Å²) in [7, 11) is 0. The standard InChI is InChI=1S/C11H13FN2O3/c1-2-17-11(16)14-13-10(15)7-8-5-3-4-6-9(8)12/h3-6H,2,7H2,1H3,(H,13,15)(H,14,16). The molecule has 6 heteroatoms. The highest BCUT2D eigenvalue weighted by Crippen LogP contribution is 2.06. The van der Waals surface area contributed by atoms with E-state index in [0.717, 1.165) is 0 Å². The molecule has 2 N–H and O–H groups in total. The summed E-state index contributed by atoms with van der Waals surface area (Å²) in [5.74, 6) is -0.984. The normalized spacial score (nSPS) is 9.53. The van der Waals surface area contributed by atoms with Gasteiger partial charge in [-0.1, -0.05) is 18.2 Å². The maximum atomic E-state index is 13.2. The van der Waals surface area contributed by atoms with Crippen molar-refractivity contribution in [3.05, 3.63) is 35.6 Å². The topological polar surface area (TPSA) is 67.4 Å². The lowest BCUT2D eigenvalue weighted by molar-refractivity contribution is -0.121. The van der Waals surface area contributed by atoms with E-state index in [1.54, 1.807) is 13.0 Å². The lowest BCUT2D eigenvalue weighted by Crippen LogP contribution is -2.42. The molecular formula is C11H13FN2O3. The van der Waals surface area contributed by atoms with Gasteiger partial charge in [0.1, 0.15) is 5.82 Å². The molecule has 1 aromatic carbocycles. The van der Waals surface area contributed by atoms with Gasteiger partial charge in [-0.2, -0.15) is 0 Å². The van der Waals surface area contributed by atoms with Crippen LogP contribution in [0.2, 0.25) is 0 Å². The van der Waals surface area contributed by atoms with Crippen molar-refractivity contribution in [3.63, 3.8) is 0 Å². The van der Waals surface area contributed by atoms with E-state index in [2.05, 4.69) is 10.2 Å². The molecule has 0 radical (unpaired) electrons. The molecule has 0 saturated heterocycles. The van der Waals surface area contributed by atoms with Crippen molar-refractivity contribution in [2.75, 3.05) is 6.61 Å². The summed E-state index contributed by atoms with van der Waals surface area (Å²) in [6.45, 7) is 1.84. The first-order valence-corrected chi connectivity index (χ1v) is 5.08. The van der Waals surface area contributed by atoms with Gasteiger partial charge < -0.3 is 4.74 Å². The molecule has 5 nitrogen and oxygen atoms in total. The second kappa shape index (κ2) is 6.47. The molecule has 92 valence electrons. The van der Waals surface area contributed by atoms with E-state index in [9.17, 15) is 14.0 Å². The molecule has 17 heavy (non-hydrogen) atoms. The molecule has 1 aromatic rings. The van der Waals surface area contributed by atoms with Gasteiger partial charge in [0.25, 0.3) is 0 Å². The SMILES string of the molecule is CCOC(=O)NNC(=O)Cc1ccccc1F. The molecule has 0 spiro atoms. The number of hydrogen-bond donors (Lipinski definition) is 2. The number of ether oxygens (including phenoxy) is 1. The third kappa shape index (κ3) is 4.50. The zero-order chi connectivity index (χ0) is 12.7. The molecule has 0 atom stereocenters. The van der Waals surface area contributed by atoms with E-state index in [-0.39, 0.29) is 18.6 Å². The van der Waals surface area contributed by atoms with Gasteiger partial charge in [-0.3, -0.25) is 10.2 Å². The molecular weight excluding hydrogens is 227 g/mol. The lowest BCUT2D eigenvalue weighted by Gasteiger charge is -2.07. The Hall–Kier alpha value is -2.11. The Labute approximate surface area is 97.9 Å². The Morgan fingerprint density at radius 1 is 1.29 bits per heavy atom. The van der Waals surface area contributed by atoms with E-state index in [4.69, 9.17) is 0 Å². The van der Waals surface area contributed by atoms with Crippen molar-refractivity contribution in [2.24, 2.45) is 0 Å². The van der Waals surface area contributed by atoms with Crippen LogP contribution in [0, 0.1) is 5.82 Å². The van der Waals surface area contributed by atoms with Crippen molar-refractivity contribution in [1.29, 1.82) is 0 Å². The Morgan fingerprint density at radius 2 is 2.00 bits per heavy atom. The van der Waals surface area contributed by atoms with Crippen LogP contribution in [0.3, 0.4) is 0 Å². The van der Waals surface area contributed by atoms with Gasteiger partial charge in [-0.15, -0.1) is 0 Å². The molecule has 0 heterocycles. The van der Waals surface area contributed by atoms with Crippen LogP contribution >= 0.6 is 0 Å². The van der Waals surface area contributed by atoms with Crippen LogP contribution < -0.4 is 10.9 Å². The van der Waals surface area contributed by atoms with Crippen LogP contribution in [0.15, 0.2) is 24.3 Å². The third-order valence-electron chi connectivity index (χ3n) is 1.89. The van der Waals surface area contributed by atoms with Gasteiger partial charge in [0, 0.05) is 0 Å². The predicted molar refractivity (Wildman–Crippen MR) is 58.4 cm³/mol. The number of amides is 2. The van der Waals surface area contributed by atoms with Crippen LogP contribution in [0.1, 0.15) is 12.5 Å². The van der Waals surface area contributed by atoms with Crippen molar-refractivity contribution in [1.82, 2.24) is 10.9 Å². The highest BCUT2D eigenvalue weighted by atomic mass is 19.1. The van der Waals surface area contributed by atoms with Gasteiger partial charge in [0.15, 0.2) is 0 Å². The van der Waals surface area contributed by atoms with Crippen molar-refractivity contribution < 1.29 is 18.7 Å². The van der Waals surface area contributed by atoms with E-state index in [1.807, 2.05) is 5.43 Å². The van der Waals surface area contributed by atoms with Crippen molar-refractivity contribution >= 4 is 12.0 Å². The molecule has 1 rings (SSSR count). The van der Waals surface area contributed by atoms with E-state index in [0.29, 0.717) is 0 Å². The molecule has 0 aromatic heterocycles. The Bertz CT molecular complexity index is 409. The lowest BCUT2D eigenvalue weighted by atomic mass is 10.1. The van der Waals surface area contributed by atoms with Crippen LogP contribution in [0.5, 0.6) is 0 Å². The number of nitrogens with one attached hydrogen (secondary N) is 2. The number of hydrazine groups is 1. The highest BCUT2D eigenvalue weighted by Gasteiger charge is 2.08. The second-order valence-electron chi connectivity index (χ2n) is 3.16. The first-order chi connectivity index (χ1) is 8.13. The largest absolute Gasteiger partial charge is 0.449 e. The summed E-state index contributed by atoms with van der Waals surface area (Å²) in [5.41, 5.74) is 4.41.